The van der Waals surface area contributed by atoms with Gasteiger partial charge in [0.05, 0.1) is 22.2 Å². The number of hydrogen-bond donors (Lipinski definition) is 3. The van der Waals surface area contributed by atoms with Gasteiger partial charge in [-0.2, -0.15) is 0 Å². The number of amides is 1. The van der Waals surface area contributed by atoms with Gasteiger partial charge in [0.2, 0.25) is 0 Å². The Morgan fingerprint density at radius 2 is 1.70 bits per heavy atom. The number of hydrogen-bond acceptors (Lipinski definition) is 7. The number of carbonyl (C=O) groups is 2. The fourth-order valence-corrected chi connectivity index (χ4v) is 3.80. The van der Waals surface area contributed by atoms with Crippen LogP contribution in [0.3, 0.4) is 0 Å². The predicted octanol–water partition coefficient (Wildman–Crippen LogP) is 3.94. The number of carbonyl (C=O) groups excluding carboxylic acids is 2. The second-order valence-electron chi connectivity index (χ2n) is 7.56. The van der Waals surface area contributed by atoms with Crippen LogP contribution >= 0.6 is 0 Å². The molecule has 1 unspecified atom stereocenters. The zero-order valence-corrected chi connectivity index (χ0v) is 17.3. The summed E-state index contributed by atoms with van der Waals surface area (Å²) in [5.41, 5.74) is 0.540. The molecule has 0 aliphatic carbocycles. The van der Waals surface area contributed by atoms with Gasteiger partial charge in [-0.15, -0.1) is 0 Å². The molecule has 1 heterocycles. The molecule has 4 rings (SSSR count). The quantitative estimate of drug-likeness (QED) is 0.181. The molecule has 166 valence electrons. The molecule has 0 saturated carbocycles. The summed E-state index contributed by atoms with van der Waals surface area (Å²) in [6.07, 6.45) is 0. The van der Waals surface area contributed by atoms with Gasteiger partial charge < -0.3 is 15.3 Å². The molecule has 0 radical (unpaired) electrons. The van der Waals surface area contributed by atoms with E-state index in [1.165, 1.54) is 54.6 Å². The van der Waals surface area contributed by atoms with Gasteiger partial charge in [0.25, 0.3) is 17.4 Å². The maximum atomic E-state index is 13.1. The number of aryl methyl sites for hydroxylation is 1. The predicted molar refractivity (Wildman–Crippen MR) is 119 cm³/mol. The number of aliphatic hydroxyl groups excluding tert-OH is 1. The van der Waals surface area contributed by atoms with Crippen molar-refractivity contribution in [2.45, 2.75) is 13.0 Å². The van der Waals surface area contributed by atoms with Crippen LogP contribution in [0.5, 0.6) is 11.5 Å². The van der Waals surface area contributed by atoms with Crippen LogP contribution in [0.25, 0.3) is 5.76 Å². The molecule has 3 N–H and O–H groups in total. The summed E-state index contributed by atoms with van der Waals surface area (Å²) >= 11 is 0. The first-order chi connectivity index (χ1) is 15.7. The van der Waals surface area contributed by atoms with Crippen LogP contribution in [0, 0.1) is 17.0 Å². The van der Waals surface area contributed by atoms with E-state index in [-0.39, 0.29) is 34.0 Å². The van der Waals surface area contributed by atoms with Crippen LogP contribution in [0.1, 0.15) is 22.7 Å². The topological polar surface area (TPSA) is 141 Å². The summed E-state index contributed by atoms with van der Waals surface area (Å²) in [7, 11) is 0. The number of nitro groups is 1. The van der Waals surface area contributed by atoms with Crippen LogP contribution in [0.15, 0.2) is 72.3 Å². The molecule has 9 heteroatoms. The van der Waals surface area contributed by atoms with E-state index < -0.39 is 28.4 Å². The van der Waals surface area contributed by atoms with E-state index in [2.05, 4.69) is 0 Å². The lowest BCUT2D eigenvalue weighted by atomic mass is 9.95. The third-order valence-electron chi connectivity index (χ3n) is 5.37. The molecular formula is C24H18N2O7. The molecule has 33 heavy (non-hydrogen) atoms. The molecule has 9 nitrogen and oxygen atoms in total. The Morgan fingerprint density at radius 3 is 2.36 bits per heavy atom. The van der Waals surface area contributed by atoms with Crippen molar-refractivity contribution in [1.82, 2.24) is 0 Å². The Kier molecular flexibility index (Phi) is 5.31. The minimum atomic E-state index is -1.16. The average Bonchev–Trinajstić information content (AvgIpc) is 3.06. The first-order valence-electron chi connectivity index (χ1n) is 9.83. The van der Waals surface area contributed by atoms with Gasteiger partial charge in [0.1, 0.15) is 17.3 Å². The van der Waals surface area contributed by atoms with E-state index >= 15 is 0 Å². The Balaban J connectivity index is 1.98. The van der Waals surface area contributed by atoms with Crippen molar-refractivity contribution in [1.29, 1.82) is 0 Å². The standard InChI is InChI=1S/C24H18N2O7/c1-13-5-10-19(28)18(11-13)25-21(14-6-8-17(27)9-7-14)20(23(30)24(25)31)22(29)15-3-2-4-16(12-15)26(32)33/h2-12,21,27-29H,1H3/b22-20-. The van der Waals surface area contributed by atoms with Crippen molar-refractivity contribution >= 4 is 28.8 Å². The second kappa shape index (κ2) is 8.12. The minimum Gasteiger partial charge on any atom is -0.508 e. The molecule has 0 bridgehead atoms. The molecule has 1 fully saturated rings. The fraction of sp³-hybridized carbons (Fsp3) is 0.0833. The summed E-state index contributed by atoms with van der Waals surface area (Å²) in [6, 6.07) is 14.1. The summed E-state index contributed by atoms with van der Waals surface area (Å²) in [4.78, 5) is 37.8. The highest BCUT2D eigenvalue weighted by atomic mass is 16.6. The van der Waals surface area contributed by atoms with Crippen molar-refractivity contribution in [2.24, 2.45) is 0 Å². The van der Waals surface area contributed by atoms with Crippen LogP contribution in [-0.4, -0.2) is 31.9 Å². The number of phenols is 2. The van der Waals surface area contributed by atoms with E-state index in [9.17, 15) is 35.0 Å². The lowest BCUT2D eigenvalue weighted by Crippen LogP contribution is -2.29. The SMILES string of the molecule is Cc1ccc(O)c(N2C(=O)C(=O)/C(=C(\O)c3cccc([N+](=O)[O-])c3)C2c2ccc(O)cc2)c1. The number of aliphatic hydroxyl groups is 1. The monoisotopic (exact) mass is 446 g/mol. The van der Waals surface area contributed by atoms with Gasteiger partial charge in [-0.1, -0.05) is 30.3 Å². The van der Waals surface area contributed by atoms with Gasteiger partial charge >= 0.3 is 0 Å². The third kappa shape index (κ3) is 3.76. The van der Waals surface area contributed by atoms with Crippen LogP contribution in [-0.2, 0) is 9.59 Å². The summed E-state index contributed by atoms with van der Waals surface area (Å²) in [6.45, 7) is 1.75. The molecule has 0 aromatic heterocycles. The van der Waals surface area contributed by atoms with Gasteiger partial charge in [-0.25, -0.2) is 0 Å². The second-order valence-corrected chi connectivity index (χ2v) is 7.56. The zero-order valence-electron chi connectivity index (χ0n) is 17.3. The van der Waals surface area contributed by atoms with E-state index in [0.717, 1.165) is 11.0 Å². The van der Waals surface area contributed by atoms with Gasteiger partial charge in [-0.3, -0.25) is 24.6 Å². The molecule has 1 amide bonds. The minimum absolute atomic E-state index is 0.0144. The maximum Gasteiger partial charge on any atom is 0.300 e. The highest BCUT2D eigenvalue weighted by Crippen LogP contribution is 2.45. The first kappa shape index (κ1) is 21.6. The van der Waals surface area contributed by atoms with Crippen molar-refractivity contribution in [3.8, 4) is 11.5 Å². The van der Waals surface area contributed by atoms with Gasteiger partial charge in [0.15, 0.2) is 0 Å². The molecular weight excluding hydrogens is 428 g/mol. The number of nitro benzene ring substituents is 1. The lowest BCUT2D eigenvalue weighted by Gasteiger charge is -2.26. The van der Waals surface area contributed by atoms with Crippen molar-refractivity contribution in [3.63, 3.8) is 0 Å². The number of non-ortho nitro benzene ring substituents is 1. The van der Waals surface area contributed by atoms with Crippen LogP contribution in [0.2, 0.25) is 0 Å². The number of Topliss-reactive ketones (excluding diaryl/α,β-unsaturated/α-hetero) is 1. The van der Waals surface area contributed by atoms with Gasteiger partial charge in [-0.05, 0) is 42.3 Å². The summed E-state index contributed by atoms with van der Waals surface area (Å²) < 4.78 is 0. The molecule has 3 aromatic carbocycles. The zero-order chi connectivity index (χ0) is 23.9. The smallest absolute Gasteiger partial charge is 0.300 e. The van der Waals surface area contributed by atoms with E-state index in [4.69, 9.17) is 0 Å². The van der Waals surface area contributed by atoms with Gasteiger partial charge in [0, 0.05) is 17.7 Å². The summed E-state index contributed by atoms with van der Waals surface area (Å²) in [5, 5.41) is 42.3. The molecule has 1 aliphatic heterocycles. The fourth-order valence-electron chi connectivity index (χ4n) is 3.80. The highest BCUT2D eigenvalue weighted by Gasteiger charge is 2.47. The molecule has 1 aliphatic rings. The largest absolute Gasteiger partial charge is 0.508 e. The number of nitrogens with zero attached hydrogens (tertiary/aromatic N) is 2. The molecule has 1 saturated heterocycles. The Labute approximate surface area is 187 Å². The van der Waals surface area contributed by atoms with Crippen LogP contribution in [0.4, 0.5) is 11.4 Å². The average molecular weight is 446 g/mol. The van der Waals surface area contributed by atoms with E-state index in [1.807, 2.05) is 0 Å². The Morgan fingerprint density at radius 1 is 1.00 bits per heavy atom. The Bertz CT molecular complexity index is 1330. The molecule has 1 atom stereocenters. The highest BCUT2D eigenvalue weighted by molar-refractivity contribution is 6.52. The van der Waals surface area contributed by atoms with Crippen LogP contribution < -0.4 is 4.90 Å². The summed E-state index contributed by atoms with van der Waals surface area (Å²) in [5.74, 6) is -2.89. The van der Waals surface area contributed by atoms with Crippen molar-refractivity contribution < 1.29 is 29.8 Å². The third-order valence-corrected chi connectivity index (χ3v) is 5.37. The first-order valence-corrected chi connectivity index (χ1v) is 9.83. The number of aromatic hydroxyl groups is 2. The number of phenolic OH excluding ortho intramolecular Hbond substituents is 2. The lowest BCUT2D eigenvalue weighted by molar-refractivity contribution is -0.384. The molecule has 0 spiro atoms. The van der Waals surface area contributed by atoms with E-state index in [0.29, 0.717) is 11.1 Å². The van der Waals surface area contributed by atoms with E-state index in [1.54, 1.807) is 13.0 Å². The number of rotatable bonds is 4. The number of ketones is 1. The van der Waals surface area contributed by atoms with Crippen molar-refractivity contribution in [2.75, 3.05) is 4.90 Å². The Hall–Kier alpha value is -4.66. The molecule has 3 aromatic rings. The normalized spacial score (nSPS) is 17.4. The number of anilines is 1. The maximum absolute atomic E-state index is 13.1. The van der Waals surface area contributed by atoms with Crippen molar-refractivity contribution in [3.05, 3.63) is 99.1 Å². The number of benzene rings is 3.